The zero-order chi connectivity index (χ0) is 21.3. The van der Waals surface area contributed by atoms with E-state index in [1.54, 1.807) is 12.2 Å². The van der Waals surface area contributed by atoms with Gasteiger partial charge in [0.05, 0.1) is 13.2 Å². The molecule has 0 atom stereocenters. The van der Waals surface area contributed by atoms with Gasteiger partial charge in [-0.05, 0) is 41.3 Å². The Hall–Kier alpha value is -3.53. The van der Waals surface area contributed by atoms with E-state index < -0.39 is 0 Å². The van der Waals surface area contributed by atoms with E-state index in [1.807, 2.05) is 30.3 Å². The number of hydrogen-bond acceptors (Lipinski definition) is 3. The molecule has 0 aromatic heterocycles. The summed E-state index contributed by atoms with van der Waals surface area (Å²) >= 11 is 0. The summed E-state index contributed by atoms with van der Waals surface area (Å²) in [5.41, 5.74) is 3.42. The molecule has 158 valence electrons. The van der Waals surface area contributed by atoms with Crippen molar-refractivity contribution in [1.29, 1.82) is 0 Å². The highest BCUT2D eigenvalue weighted by Gasteiger charge is 2.14. The van der Waals surface area contributed by atoms with Crippen molar-refractivity contribution < 1.29 is 14.3 Å². The first-order chi connectivity index (χ1) is 15.3. The highest BCUT2D eigenvalue weighted by atomic mass is 16.5. The summed E-state index contributed by atoms with van der Waals surface area (Å²) in [5, 5.41) is 3.01. The van der Waals surface area contributed by atoms with Gasteiger partial charge in [0.1, 0.15) is 0 Å². The van der Waals surface area contributed by atoms with Crippen LogP contribution in [0.4, 0.5) is 0 Å². The van der Waals surface area contributed by atoms with Crippen LogP contribution in [0.3, 0.4) is 0 Å². The lowest BCUT2D eigenvalue weighted by molar-refractivity contribution is -0.116. The van der Waals surface area contributed by atoms with E-state index in [0.717, 1.165) is 29.9 Å². The molecule has 0 unspecified atom stereocenters. The van der Waals surface area contributed by atoms with Crippen LogP contribution < -0.4 is 14.8 Å². The molecular formula is C27H27NO3. The lowest BCUT2D eigenvalue weighted by Crippen LogP contribution is -2.23. The summed E-state index contributed by atoms with van der Waals surface area (Å²) in [6, 6.07) is 26.6. The molecule has 3 aromatic carbocycles. The van der Waals surface area contributed by atoms with Crippen LogP contribution in [0.2, 0.25) is 0 Å². The molecule has 1 N–H and O–H groups in total. The molecule has 1 heterocycles. The highest BCUT2D eigenvalue weighted by Crippen LogP contribution is 2.31. The Labute approximate surface area is 183 Å². The number of hydrogen-bond donors (Lipinski definition) is 1. The van der Waals surface area contributed by atoms with Gasteiger partial charge in [-0.15, -0.1) is 0 Å². The maximum absolute atomic E-state index is 12.4. The van der Waals surface area contributed by atoms with Crippen molar-refractivity contribution >= 4 is 12.0 Å². The molecule has 3 aromatic rings. The minimum absolute atomic E-state index is 0.105. The Morgan fingerprint density at radius 2 is 1.52 bits per heavy atom. The van der Waals surface area contributed by atoms with Gasteiger partial charge in [0, 0.05) is 25.0 Å². The Bertz CT molecular complexity index is 976. The van der Waals surface area contributed by atoms with E-state index in [2.05, 4.69) is 53.8 Å². The molecular weight excluding hydrogens is 386 g/mol. The maximum atomic E-state index is 12.4. The normalized spacial score (nSPS) is 13.2. The fourth-order valence-electron chi connectivity index (χ4n) is 3.75. The molecule has 0 bridgehead atoms. The fraction of sp³-hybridized carbons (Fsp3) is 0.222. The van der Waals surface area contributed by atoms with Crippen LogP contribution in [0, 0.1) is 0 Å². The van der Waals surface area contributed by atoms with Gasteiger partial charge < -0.3 is 14.8 Å². The summed E-state index contributed by atoms with van der Waals surface area (Å²) < 4.78 is 11.4. The second-order valence-corrected chi connectivity index (χ2v) is 7.54. The average molecular weight is 414 g/mol. The van der Waals surface area contributed by atoms with E-state index in [4.69, 9.17) is 9.47 Å². The second-order valence-electron chi connectivity index (χ2n) is 7.54. The molecule has 31 heavy (non-hydrogen) atoms. The first-order valence-corrected chi connectivity index (χ1v) is 10.7. The van der Waals surface area contributed by atoms with Gasteiger partial charge in [-0.25, -0.2) is 0 Å². The third-order valence-corrected chi connectivity index (χ3v) is 5.33. The Balaban J connectivity index is 1.35. The Morgan fingerprint density at radius 3 is 2.19 bits per heavy atom. The quantitative estimate of drug-likeness (QED) is 0.542. The van der Waals surface area contributed by atoms with Gasteiger partial charge in [0.2, 0.25) is 5.91 Å². The van der Waals surface area contributed by atoms with E-state index in [0.29, 0.717) is 19.8 Å². The van der Waals surface area contributed by atoms with Crippen LogP contribution in [0.15, 0.2) is 84.9 Å². The topological polar surface area (TPSA) is 47.6 Å². The third kappa shape index (κ3) is 5.76. The number of benzene rings is 3. The standard InChI is InChI=1S/C27H27NO3/c29-27(15-13-21-12-14-25-26(20-21)31-19-7-18-30-25)28-17-16-24(22-8-3-1-4-9-22)23-10-5-2-6-11-23/h1-6,8-15,20,24H,7,16-19H2,(H,28,29)/b15-13+. The number of amides is 1. The summed E-state index contributed by atoms with van der Waals surface area (Å²) in [6.07, 6.45) is 5.07. The van der Waals surface area contributed by atoms with E-state index in [-0.39, 0.29) is 11.8 Å². The Kier molecular flexibility index (Phi) is 7.01. The van der Waals surface area contributed by atoms with Gasteiger partial charge in [-0.1, -0.05) is 66.7 Å². The molecule has 0 radical (unpaired) electrons. The summed E-state index contributed by atoms with van der Waals surface area (Å²) in [6.45, 7) is 1.90. The molecule has 0 aliphatic carbocycles. The fourth-order valence-corrected chi connectivity index (χ4v) is 3.75. The van der Waals surface area contributed by atoms with Crippen LogP contribution >= 0.6 is 0 Å². The predicted molar refractivity (Wildman–Crippen MR) is 123 cm³/mol. The van der Waals surface area contributed by atoms with Crippen molar-refractivity contribution in [3.63, 3.8) is 0 Å². The van der Waals surface area contributed by atoms with Crippen molar-refractivity contribution in [2.24, 2.45) is 0 Å². The van der Waals surface area contributed by atoms with Crippen LogP contribution in [-0.2, 0) is 4.79 Å². The summed E-state index contributed by atoms with van der Waals surface area (Å²) in [5.74, 6) is 1.63. The Morgan fingerprint density at radius 1 is 0.871 bits per heavy atom. The molecule has 0 fully saturated rings. The molecule has 0 saturated carbocycles. The van der Waals surface area contributed by atoms with Gasteiger partial charge in [-0.2, -0.15) is 0 Å². The van der Waals surface area contributed by atoms with E-state index in [9.17, 15) is 4.79 Å². The van der Waals surface area contributed by atoms with E-state index >= 15 is 0 Å². The average Bonchev–Trinajstić information content (AvgIpc) is 3.07. The number of fused-ring (bicyclic) bond motifs is 1. The molecule has 1 amide bonds. The van der Waals surface area contributed by atoms with Crippen molar-refractivity contribution in [3.8, 4) is 11.5 Å². The zero-order valence-electron chi connectivity index (χ0n) is 17.5. The monoisotopic (exact) mass is 413 g/mol. The molecule has 1 aliphatic heterocycles. The first-order valence-electron chi connectivity index (χ1n) is 10.7. The van der Waals surface area contributed by atoms with Crippen molar-refractivity contribution in [1.82, 2.24) is 5.32 Å². The smallest absolute Gasteiger partial charge is 0.243 e. The van der Waals surface area contributed by atoms with Crippen LogP contribution in [0.25, 0.3) is 6.08 Å². The summed E-state index contributed by atoms with van der Waals surface area (Å²) in [7, 11) is 0. The molecule has 0 saturated heterocycles. The minimum Gasteiger partial charge on any atom is -0.490 e. The van der Waals surface area contributed by atoms with Crippen LogP contribution in [0.5, 0.6) is 11.5 Å². The second kappa shape index (κ2) is 10.5. The molecule has 4 heteroatoms. The first kappa shape index (κ1) is 20.7. The maximum Gasteiger partial charge on any atom is 0.243 e. The number of rotatable bonds is 7. The largest absolute Gasteiger partial charge is 0.490 e. The van der Waals surface area contributed by atoms with Crippen molar-refractivity contribution in [2.75, 3.05) is 19.8 Å². The minimum atomic E-state index is -0.105. The zero-order valence-corrected chi connectivity index (χ0v) is 17.5. The highest BCUT2D eigenvalue weighted by molar-refractivity contribution is 5.91. The predicted octanol–water partition coefficient (Wildman–Crippen LogP) is 5.20. The summed E-state index contributed by atoms with van der Waals surface area (Å²) in [4.78, 5) is 12.4. The van der Waals surface area contributed by atoms with Gasteiger partial charge >= 0.3 is 0 Å². The van der Waals surface area contributed by atoms with Crippen molar-refractivity contribution in [3.05, 3.63) is 102 Å². The SMILES string of the molecule is O=C(/C=C/c1ccc2c(c1)OCCCO2)NCCC(c1ccccc1)c1ccccc1. The van der Waals surface area contributed by atoms with Crippen molar-refractivity contribution in [2.45, 2.75) is 18.8 Å². The van der Waals surface area contributed by atoms with Gasteiger partial charge in [-0.3, -0.25) is 4.79 Å². The van der Waals surface area contributed by atoms with Crippen LogP contribution in [-0.4, -0.2) is 25.7 Å². The van der Waals surface area contributed by atoms with Gasteiger partial charge in [0.25, 0.3) is 0 Å². The number of carbonyl (C=O) groups is 1. The van der Waals surface area contributed by atoms with E-state index in [1.165, 1.54) is 11.1 Å². The number of ether oxygens (including phenoxy) is 2. The molecule has 1 aliphatic rings. The lowest BCUT2D eigenvalue weighted by Gasteiger charge is -2.18. The number of carbonyl (C=O) groups excluding carboxylic acids is 1. The third-order valence-electron chi connectivity index (χ3n) is 5.33. The molecule has 4 rings (SSSR count). The van der Waals surface area contributed by atoms with Crippen LogP contribution in [0.1, 0.15) is 35.4 Å². The lowest BCUT2D eigenvalue weighted by atomic mass is 9.88. The molecule has 4 nitrogen and oxygen atoms in total. The molecule has 0 spiro atoms. The van der Waals surface area contributed by atoms with Gasteiger partial charge in [0.15, 0.2) is 11.5 Å². The number of nitrogens with one attached hydrogen (secondary N) is 1.